The van der Waals surface area contributed by atoms with Crippen LogP contribution in [0.25, 0.3) is 0 Å². The van der Waals surface area contributed by atoms with E-state index >= 15 is 0 Å². The highest BCUT2D eigenvalue weighted by Gasteiger charge is 2.06. The fraction of sp³-hybridized carbons (Fsp3) is 0.588. The predicted octanol–water partition coefficient (Wildman–Crippen LogP) is 6.08. The minimum absolute atomic E-state index is 0.0000502. The van der Waals surface area contributed by atoms with Crippen molar-refractivity contribution in [2.24, 2.45) is 0 Å². The van der Waals surface area contributed by atoms with Crippen LogP contribution in [0.3, 0.4) is 0 Å². The topological polar surface area (TPSA) is 29.1 Å². The Morgan fingerprint density at radius 3 is 2.00 bits per heavy atom. The van der Waals surface area contributed by atoms with E-state index in [0.29, 0.717) is 5.56 Å². The molecule has 0 bridgehead atoms. The largest absolute Gasteiger partial charge is 0.352 e. The van der Waals surface area contributed by atoms with E-state index in [-0.39, 0.29) is 5.91 Å². The quantitative estimate of drug-likeness (QED) is 0.458. The Balaban J connectivity index is 2.11. The van der Waals surface area contributed by atoms with Gasteiger partial charge in [0.05, 0.1) is 0 Å². The number of carbonyl (C=O) groups excluding carboxylic acids is 1. The predicted molar refractivity (Wildman–Crippen MR) is 96.8 cm³/mol. The van der Waals surface area contributed by atoms with Gasteiger partial charge < -0.3 is 5.32 Å². The highest BCUT2D eigenvalue weighted by molar-refractivity contribution is 9.11. The van der Waals surface area contributed by atoms with E-state index in [4.69, 9.17) is 0 Å². The van der Waals surface area contributed by atoms with E-state index in [9.17, 15) is 4.79 Å². The Labute approximate surface area is 145 Å². The van der Waals surface area contributed by atoms with Gasteiger partial charge in [0.15, 0.2) is 0 Å². The number of nitrogens with one attached hydrogen (secondary N) is 1. The average molecular weight is 419 g/mol. The molecule has 0 spiro atoms. The second-order valence-corrected chi connectivity index (χ2v) is 7.22. The normalized spacial score (nSPS) is 10.6. The minimum atomic E-state index is -0.0000502. The van der Waals surface area contributed by atoms with Gasteiger partial charge in [-0.3, -0.25) is 4.79 Å². The summed E-state index contributed by atoms with van der Waals surface area (Å²) in [6.07, 6.45) is 10.3. The summed E-state index contributed by atoms with van der Waals surface area (Å²) in [6, 6.07) is 5.61. The van der Waals surface area contributed by atoms with Crippen LogP contribution >= 0.6 is 31.9 Å². The van der Waals surface area contributed by atoms with Gasteiger partial charge in [-0.25, -0.2) is 0 Å². The van der Waals surface area contributed by atoms with Gasteiger partial charge in [-0.2, -0.15) is 0 Å². The van der Waals surface area contributed by atoms with Crippen molar-refractivity contribution in [2.45, 2.75) is 58.3 Å². The molecule has 0 atom stereocenters. The van der Waals surface area contributed by atoms with Crippen molar-refractivity contribution >= 4 is 37.8 Å². The lowest BCUT2D eigenvalue weighted by molar-refractivity contribution is 0.0953. The standard InChI is InChI=1S/C17H25Br2NO/c1-2-3-4-5-6-7-8-9-10-20-17(21)14-11-15(18)13-16(19)12-14/h11-13H,2-10H2,1H3,(H,20,21). The molecule has 118 valence electrons. The van der Waals surface area contributed by atoms with Gasteiger partial charge in [0.1, 0.15) is 0 Å². The maximum absolute atomic E-state index is 12.0. The lowest BCUT2D eigenvalue weighted by Crippen LogP contribution is -2.24. The summed E-state index contributed by atoms with van der Waals surface area (Å²) in [5, 5.41) is 2.98. The molecular formula is C17H25Br2NO. The number of benzene rings is 1. The highest BCUT2D eigenvalue weighted by atomic mass is 79.9. The third kappa shape index (κ3) is 8.62. The van der Waals surface area contributed by atoms with Gasteiger partial charge in [-0.15, -0.1) is 0 Å². The smallest absolute Gasteiger partial charge is 0.251 e. The molecule has 21 heavy (non-hydrogen) atoms. The van der Waals surface area contributed by atoms with Crippen LogP contribution in [0, 0.1) is 0 Å². The lowest BCUT2D eigenvalue weighted by atomic mass is 10.1. The van der Waals surface area contributed by atoms with Crippen molar-refractivity contribution in [1.29, 1.82) is 0 Å². The molecule has 0 unspecified atom stereocenters. The van der Waals surface area contributed by atoms with Crippen molar-refractivity contribution in [3.05, 3.63) is 32.7 Å². The summed E-state index contributed by atoms with van der Waals surface area (Å²) in [6.45, 7) is 3.00. The molecule has 2 nitrogen and oxygen atoms in total. The molecule has 1 rings (SSSR count). The van der Waals surface area contributed by atoms with Crippen molar-refractivity contribution in [1.82, 2.24) is 5.32 Å². The van der Waals surface area contributed by atoms with Crippen LogP contribution in [0.15, 0.2) is 27.1 Å². The van der Waals surface area contributed by atoms with Crippen LogP contribution in [0.2, 0.25) is 0 Å². The zero-order chi connectivity index (χ0) is 15.5. The molecule has 0 fully saturated rings. The van der Waals surface area contributed by atoms with E-state index in [1.165, 1.54) is 44.9 Å². The number of hydrogen-bond acceptors (Lipinski definition) is 1. The minimum Gasteiger partial charge on any atom is -0.352 e. The maximum Gasteiger partial charge on any atom is 0.251 e. The number of rotatable bonds is 10. The Morgan fingerprint density at radius 1 is 0.905 bits per heavy atom. The molecule has 0 saturated carbocycles. The van der Waals surface area contributed by atoms with Gasteiger partial charge in [0.25, 0.3) is 5.91 Å². The Kier molecular flexibility index (Phi) is 10.0. The Morgan fingerprint density at radius 2 is 1.43 bits per heavy atom. The molecule has 0 aliphatic rings. The van der Waals surface area contributed by atoms with Crippen LogP contribution in [-0.2, 0) is 0 Å². The van der Waals surface area contributed by atoms with Gasteiger partial charge in [0.2, 0.25) is 0 Å². The van der Waals surface area contributed by atoms with E-state index < -0.39 is 0 Å². The molecule has 0 saturated heterocycles. The molecule has 1 amide bonds. The number of unbranched alkanes of at least 4 members (excludes halogenated alkanes) is 7. The fourth-order valence-electron chi connectivity index (χ4n) is 2.25. The third-order valence-corrected chi connectivity index (χ3v) is 4.36. The Hall–Kier alpha value is -0.350. The van der Waals surface area contributed by atoms with Crippen molar-refractivity contribution in [3.63, 3.8) is 0 Å². The van der Waals surface area contributed by atoms with Crippen LogP contribution in [-0.4, -0.2) is 12.5 Å². The molecule has 0 radical (unpaired) electrons. The first kappa shape index (κ1) is 18.7. The number of halogens is 2. The van der Waals surface area contributed by atoms with Gasteiger partial charge in [-0.05, 0) is 24.6 Å². The summed E-state index contributed by atoms with van der Waals surface area (Å²) >= 11 is 6.80. The SMILES string of the molecule is CCCCCCCCCCNC(=O)c1cc(Br)cc(Br)c1. The first-order chi connectivity index (χ1) is 10.1. The fourth-order valence-corrected chi connectivity index (χ4v) is 3.54. The van der Waals surface area contributed by atoms with E-state index in [2.05, 4.69) is 44.1 Å². The van der Waals surface area contributed by atoms with Crippen LogP contribution in [0.4, 0.5) is 0 Å². The molecule has 0 aliphatic carbocycles. The molecule has 1 N–H and O–H groups in total. The molecule has 0 aliphatic heterocycles. The molecule has 0 heterocycles. The monoisotopic (exact) mass is 417 g/mol. The highest BCUT2D eigenvalue weighted by Crippen LogP contribution is 2.20. The number of amides is 1. The second-order valence-electron chi connectivity index (χ2n) is 5.39. The van der Waals surface area contributed by atoms with Crippen LogP contribution in [0.5, 0.6) is 0 Å². The zero-order valence-electron chi connectivity index (χ0n) is 12.8. The summed E-state index contributed by atoms with van der Waals surface area (Å²) < 4.78 is 1.82. The van der Waals surface area contributed by atoms with Crippen LogP contribution < -0.4 is 5.32 Å². The average Bonchev–Trinajstić information content (AvgIpc) is 2.44. The molecule has 1 aromatic carbocycles. The first-order valence-corrected chi connectivity index (χ1v) is 9.46. The van der Waals surface area contributed by atoms with Crippen molar-refractivity contribution < 1.29 is 4.79 Å². The summed E-state index contributed by atoms with van der Waals surface area (Å²) in [7, 11) is 0. The third-order valence-electron chi connectivity index (χ3n) is 3.44. The van der Waals surface area contributed by atoms with Gasteiger partial charge in [0, 0.05) is 21.1 Å². The number of carbonyl (C=O) groups is 1. The number of hydrogen-bond donors (Lipinski definition) is 1. The summed E-state index contributed by atoms with van der Waals surface area (Å²) in [4.78, 5) is 12.0. The van der Waals surface area contributed by atoms with E-state index in [1.54, 1.807) is 0 Å². The molecule has 4 heteroatoms. The molecule has 0 aromatic heterocycles. The lowest BCUT2D eigenvalue weighted by Gasteiger charge is -2.06. The zero-order valence-corrected chi connectivity index (χ0v) is 15.9. The van der Waals surface area contributed by atoms with Crippen LogP contribution in [0.1, 0.15) is 68.6 Å². The van der Waals surface area contributed by atoms with E-state index in [0.717, 1.165) is 21.9 Å². The van der Waals surface area contributed by atoms with Gasteiger partial charge in [-0.1, -0.05) is 83.7 Å². The van der Waals surface area contributed by atoms with Gasteiger partial charge >= 0.3 is 0 Å². The molecule has 1 aromatic rings. The van der Waals surface area contributed by atoms with Crippen molar-refractivity contribution in [2.75, 3.05) is 6.54 Å². The Bertz CT molecular complexity index is 415. The van der Waals surface area contributed by atoms with E-state index in [1.807, 2.05) is 18.2 Å². The first-order valence-electron chi connectivity index (χ1n) is 7.87. The summed E-state index contributed by atoms with van der Waals surface area (Å²) in [5.41, 5.74) is 0.691. The maximum atomic E-state index is 12.0. The summed E-state index contributed by atoms with van der Waals surface area (Å²) in [5.74, 6) is -0.0000502. The molecular weight excluding hydrogens is 394 g/mol. The second kappa shape index (κ2) is 11.2. The van der Waals surface area contributed by atoms with Crippen molar-refractivity contribution in [3.8, 4) is 0 Å².